The molecule has 0 saturated carbocycles. The van der Waals surface area contributed by atoms with E-state index in [0.29, 0.717) is 0 Å². The Labute approximate surface area is 495 Å². The fraction of sp³-hybridized carbons (Fsp3) is 0.958. The van der Waals surface area contributed by atoms with Crippen LogP contribution in [0.1, 0.15) is 0 Å². The van der Waals surface area contributed by atoms with Gasteiger partial charge >= 0.3 is 0 Å². The maximum atomic E-state index is 11.4. The molecule has 0 amide bonds. The van der Waals surface area contributed by atoms with Crippen molar-refractivity contribution >= 4 is 0 Å². The van der Waals surface area contributed by atoms with Gasteiger partial charge in [-0.15, -0.1) is 0 Å². The molecule has 40 nitrogen and oxygen atoms in total. The van der Waals surface area contributed by atoms with Crippen LogP contribution in [-0.2, 0) is 75.8 Å². The summed E-state index contributed by atoms with van der Waals surface area (Å²) in [5, 5.41) is 265. The smallest absolute Gasteiger partial charge is 0.229 e. The fourth-order valence-corrected chi connectivity index (χ4v) is 11.6. The van der Waals surface area contributed by atoms with Crippen molar-refractivity contribution < 1.29 is 198 Å². The molecule has 18 saturated heterocycles. The average Bonchev–Trinajstić information content (AvgIpc) is 0.985. The van der Waals surface area contributed by atoms with Crippen molar-refractivity contribution in [3.8, 4) is 0 Å². The molecule has 30 heterocycles. The van der Waals surface area contributed by atoms with E-state index in [2.05, 4.69) is 0 Å². The van der Waals surface area contributed by atoms with Crippen LogP contribution in [0.5, 0.6) is 0 Å². The quantitative estimate of drug-likeness (QED) is 0.107. The molecule has 0 aromatic heterocycles. The largest absolute Gasteiger partial charge is 0.506 e. The Bertz CT molecular complexity index is 2220. The van der Waals surface area contributed by atoms with Crippen molar-refractivity contribution in [2.45, 2.75) is 233 Å². The van der Waals surface area contributed by atoms with Gasteiger partial charge in [0.1, 0.15) is 177 Å². The van der Waals surface area contributed by atoms with Crippen LogP contribution < -0.4 is 0 Å². The number of aliphatic hydroxyl groups excluding tert-OH is 24. The van der Waals surface area contributed by atoms with Gasteiger partial charge in [-0.05, 0) is 0 Å². The monoisotopic (exact) mass is 1290 g/mol. The Hall–Kier alpha value is -2.18. The molecule has 30 aliphatic heterocycles. The highest BCUT2D eigenvalue weighted by Gasteiger charge is 2.60. The minimum absolute atomic E-state index is 0.886. The third-order valence-corrected chi connectivity index (χ3v) is 16.6. The molecule has 30 aliphatic rings. The lowest BCUT2D eigenvalue weighted by Gasteiger charge is -2.50. The zero-order valence-corrected chi connectivity index (χ0v) is 45.9. The molecule has 88 heavy (non-hydrogen) atoms. The van der Waals surface area contributed by atoms with Crippen LogP contribution in [-0.4, -0.2) is 409 Å². The number of aliphatic hydroxyl groups is 24. The molecular formula is C48H78O40. The molecular weight excluding hydrogens is 1220 g/mol. The van der Waals surface area contributed by atoms with Crippen molar-refractivity contribution in [1.29, 1.82) is 0 Å². The number of hydrogen-bond donors (Lipinski definition) is 24. The minimum Gasteiger partial charge on any atom is -0.506 e. The number of hydrogen-bond acceptors (Lipinski definition) is 40. The SMILES string of the molecule is OCC1O[C@@H]2O[C@@H]3C(CO)O[C@@H](O[C@@H]4C(CO)O[C@H](O[C@H]5C(CO)O[C@H](O[C@@H]6C(CO)O[C@H](O[C@@H]7C(CO)O[C@@H](O[C@@H]8C(CO)O[C@@H](O[C@@H]9C(CO)O[C@H](OC1=C(O)C2O)C(O)C9O)C(O)[C@H]8O)C(O)C7O)C(O)C6O)C(O)C5O)C(O)C4O)C(O)C3O. The minimum atomic E-state index is -2.37. The topological polar surface area (TPSA) is 633 Å². The molecule has 40 heteroatoms. The molecule has 38 atom stereocenters. The maximum Gasteiger partial charge on any atom is 0.229 e. The lowest BCUT2D eigenvalue weighted by molar-refractivity contribution is -0.399. The van der Waals surface area contributed by atoms with E-state index in [1.807, 2.05) is 0 Å². The molecule has 18 fully saturated rings. The van der Waals surface area contributed by atoms with E-state index in [1.54, 1.807) is 0 Å². The summed E-state index contributed by atoms with van der Waals surface area (Å²) >= 11 is 0. The van der Waals surface area contributed by atoms with Crippen LogP contribution >= 0.6 is 0 Å². The molecule has 30 rings (SSSR count). The summed E-state index contributed by atoms with van der Waals surface area (Å²) in [6.45, 7) is -8.74. The van der Waals surface area contributed by atoms with E-state index >= 15 is 0 Å². The fourth-order valence-electron chi connectivity index (χ4n) is 11.6. The zero-order valence-electron chi connectivity index (χ0n) is 45.9. The third-order valence-electron chi connectivity index (χ3n) is 16.6. The third kappa shape index (κ3) is 13.6. The highest BCUT2D eigenvalue weighted by atomic mass is 16.8. The molecule has 0 aromatic rings. The molecule has 510 valence electrons. The lowest BCUT2D eigenvalue weighted by atomic mass is 9.95. The van der Waals surface area contributed by atoms with E-state index in [4.69, 9.17) is 75.8 Å². The van der Waals surface area contributed by atoms with Crippen molar-refractivity contribution in [1.82, 2.24) is 0 Å². The van der Waals surface area contributed by atoms with E-state index < -0.39 is 298 Å². The standard InChI is InChI=1S/C48H78O40/c49-1-9-33-17(57)25(65)41(73-9)82-34-10(2-50)75-43(27(67)19(34)59)84-36-12(4-52)77-45(29(69)21(36)61)86-38-14(6-54)79-47(31(71)23(38)63)88-40-16(8-56)80-48(32(72)24(40)64)87-39-15(7-55)78-46(30(70)22(39)62)85-37-13(5-53)76-44(28(68)20(37)60)83-35-11(3-51)74-42(81-33)26(66)18(35)58/h9-23,25-39,41-72H,1-8H2/t9?,10?,11?,12?,13?,14?,15?,16?,17?,18?,19?,20?,21-,22?,23?,25?,26?,27?,28?,29?,30?,31?,32?,33-,34-,35+,36-,37-,38-,39-,41-,42-,43+,44-,45+,46+,47-,48-/m1/s1. The summed E-state index contributed by atoms with van der Waals surface area (Å²) in [7, 11) is 0. The summed E-state index contributed by atoms with van der Waals surface area (Å²) in [5.41, 5.74) is 0. The predicted octanol–water partition coefficient (Wildman–Crippen LogP) is -16.4. The van der Waals surface area contributed by atoms with Crippen molar-refractivity contribution in [3.63, 3.8) is 0 Å². The van der Waals surface area contributed by atoms with Crippen LogP contribution in [0.3, 0.4) is 0 Å². The van der Waals surface area contributed by atoms with Crippen LogP contribution in [0, 0.1) is 0 Å². The zero-order chi connectivity index (χ0) is 64.1. The maximum absolute atomic E-state index is 11.4. The van der Waals surface area contributed by atoms with E-state index in [0.717, 1.165) is 0 Å². The van der Waals surface area contributed by atoms with E-state index in [9.17, 15) is 123 Å². The van der Waals surface area contributed by atoms with Gasteiger partial charge in [-0.2, -0.15) is 0 Å². The number of ether oxygens (including phenoxy) is 16. The molecule has 0 spiro atoms. The molecule has 24 N–H and O–H groups in total. The summed E-state index contributed by atoms with van der Waals surface area (Å²) in [6.07, 6.45) is -78.5. The Balaban J connectivity index is 0.986. The Morgan fingerprint density at radius 3 is 0.614 bits per heavy atom. The Morgan fingerprint density at radius 1 is 0.216 bits per heavy atom. The molecule has 22 unspecified atom stereocenters. The van der Waals surface area contributed by atoms with Crippen molar-refractivity contribution in [2.75, 3.05) is 52.9 Å². The summed E-state index contributed by atoms with van der Waals surface area (Å²) < 4.78 is 90.8. The van der Waals surface area contributed by atoms with Gasteiger partial charge in [0.05, 0.1) is 52.9 Å². The van der Waals surface area contributed by atoms with Crippen LogP contribution in [0.4, 0.5) is 0 Å². The second kappa shape index (κ2) is 29.6. The lowest BCUT2D eigenvalue weighted by Crippen LogP contribution is -2.68. The summed E-state index contributed by atoms with van der Waals surface area (Å²) in [4.78, 5) is 0. The van der Waals surface area contributed by atoms with E-state index in [-0.39, 0.29) is 0 Å². The molecule has 0 radical (unpaired) electrons. The van der Waals surface area contributed by atoms with Crippen LogP contribution in [0.25, 0.3) is 0 Å². The molecule has 0 aliphatic carbocycles. The second-order valence-electron chi connectivity index (χ2n) is 22.1. The molecule has 16 bridgehead atoms. The first kappa shape index (κ1) is 70.1. The highest BCUT2D eigenvalue weighted by Crippen LogP contribution is 2.40. The molecule has 0 aromatic carbocycles. The second-order valence-corrected chi connectivity index (χ2v) is 22.1. The van der Waals surface area contributed by atoms with Gasteiger partial charge in [0.15, 0.2) is 61.7 Å². The predicted molar refractivity (Wildman–Crippen MR) is 261 cm³/mol. The van der Waals surface area contributed by atoms with Crippen molar-refractivity contribution in [2.24, 2.45) is 0 Å². The van der Waals surface area contributed by atoms with Gasteiger partial charge in [-0.1, -0.05) is 0 Å². The number of rotatable bonds is 8. The highest BCUT2D eigenvalue weighted by molar-refractivity contribution is 5.16. The van der Waals surface area contributed by atoms with Gasteiger partial charge in [-0.3, -0.25) is 0 Å². The normalized spacial score (nSPS) is 53.6. The van der Waals surface area contributed by atoms with Gasteiger partial charge in [0, 0.05) is 0 Å². The summed E-state index contributed by atoms with van der Waals surface area (Å²) in [6, 6.07) is 0. The summed E-state index contributed by atoms with van der Waals surface area (Å²) in [5.74, 6) is -2.09. The Kier molecular flexibility index (Phi) is 23.6. The average molecular weight is 1300 g/mol. The van der Waals surface area contributed by atoms with Crippen molar-refractivity contribution in [3.05, 3.63) is 11.5 Å². The first-order valence-corrected chi connectivity index (χ1v) is 27.9. The first-order chi connectivity index (χ1) is 41.9. The first-order valence-electron chi connectivity index (χ1n) is 27.9. The Morgan fingerprint density at radius 2 is 0.409 bits per heavy atom. The van der Waals surface area contributed by atoms with E-state index in [1.165, 1.54) is 0 Å². The van der Waals surface area contributed by atoms with Gasteiger partial charge in [0.25, 0.3) is 0 Å². The van der Waals surface area contributed by atoms with Crippen LogP contribution in [0.2, 0.25) is 0 Å². The van der Waals surface area contributed by atoms with Crippen LogP contribution in [0.15, 0.2) is 11.5 Å². The van der Waals surface area contributed by atoms with Gasteiger partial charge < -0.3 is 198 Å². The van der Waals surface area contributed by atoms with Gasteiger partial charge in [-0.25, -0.2) is 0 Å². The van der Waals surface area contributed by atoms with Gasteiger partial charge in [0.2, 0.25) is 6.29 Å².